The van der Waals surface area contributed by atoms with Gasteiger partial charge in [-0.15, -0.1) is 0 Å². The minimum Gasteiger partial charge on any atom is -0.326 e. The second-order valence-electron chi connectivity index (χ2n) is 3.19. The van der Waals surface area contributed by atoms with Crippen LogP contribution in [0.3, 0.4) is 0 Å². The van der Waals surface area contributed by atoms with Crippen LogP contribution >= 0.6 is 0 Å². The molecule has 0 aromatic carbocycles. The Kier molecular flexibility index (Phi) is 2.65. The molecule has 2 atom stereocenters. The summed E-state index contributed by atoms with van der Waals surface area (Å²) < 4.78 is 0. The molecule has 0 spiro atoms. The predicted octanol–water partition coefficient (Wildman–Crippen LogP) is -0.458. The molecule has 0 aliphatic heterocycles. The SMILES string of the molecule is NC1CCCCC(N)C1N. The molecule has 1 aliphatic rings. The molecule has 3 nitrogen and oxygen atoms in total. The smallest absolute Gasteiger partial charge is 0.0346 e. The predicted molar refractivity (Wildman–Crippen MR) is 42.4 cm³/mol. The molecule has 60 valence electrons. The van der Waals surface area contributed by atoms with Crippen LogP contribution in [0, 0.1) is 0 Å². The lowest BCUT2D eigenvalue weighted by Crippen LogP contribution is -2.51. The normalized spacial score (nSPS) is 42.9. The number of rotatable bonds is 0. The summed E-state index contributed by atoms with van der Waals surface area (Å²) >= 11 is 0. The zero-order chi connectivity index (χ0) is 7.56. The van der Waals surface area contributed by atoms with E-state index in [1.165, 1.54) is 12.8 Å². The van der Waals surface area contributed by atoms with Crippen molar-refractivity contribution in [2.45, 2.75) is 43.8 Å². The standard InChI is InChI=1S/C7H17N3/c8-5-3-1-2-4-6(9)7(5)10/h5-7H,1-4,8-10H2. The first-order valence-electron chi connectivity index (χ1n) is 3.98. The number of hydrogen-bond acceptors (Lipinski definition) is 3. The lowest BCUT2D eigenvalue weighted by atomic mass is 10.0. The molecule has 1 saturated carbocycles. The summed E-state index contributed by atoms with van der Waals surface area (Å²) in [5, 5.41) is 0. The Morgan fingerprint density at radius 1 is 0.800 bits per heavy atom. The highest BCUT2D eigenvalue weighted by atomic mass is 14.9. The molecule has 6 N–H and O–H groups in total. The van der Waals surface area contributed by atoms with Crippen LogP contribution in [0.1, 0.15) is 25.7 Å². The average Bonchev–Trinajstić information content (AvgIpc) is 2.04. The van der Waals surface area contributed by atoms with Gasteiger partial charge in [0, 0.05) is 18.1 Å². The Hall–Kier alpha value is -0.120. The van der Waals surface area contributed by atoms with Crippen molar-refractivity contribution >= 4 is 0 Å². The van der Waals surface area contributed by atoms with E-state index in [0.29, 0.717) is 0 Å². The molecule has 0 amide bonds. The van der Waals surface area contributed by atoms with Gasteiger partial charge in [0.15, 0.2) is 0 Å². The summed E-state index contributed by atoms with van der Waals surface area (Å²) in [4.78, 5) is 0. The van der Waals surface area contributed by atoms with Gasteiger partial charge in [0.1, 0.15) is 0 Å². The zero-order valence-electron chi connectivity index (χ0n) is 6.29. The molecule has 0 aromatic rings. The van der Waals surface area contributed by atoms with Gasteiger partial charge in [0.05, 0.1) is 0 Å². The molecule has 1 aliphatic carbocycles. The largest absolute Gasteiger partial charge is 0.326 e. The molecule has 0 heterocycles. The average molecular weight is 143 g/mol. The maximum absolute atomic E-state index is 5.77. The van der Waals surface area contributed by atoms with Crippen LogP contribution < -0.4 is 17.2 Å². The summed E-state index contributed by atoms with van der Waals surface area (Å²) in [6.45, 7) is 0. The summed E-state index contributed by atoms with van der Waals surface area (Å²) in [6, 6.07) is 0.262. The minimum atomic E-state index is 0.0162. The minimum absolute atomic E-state index is 0.0162. The molecule has 0 aromatic heterocycles. The first-order valence-corrected chi connectivity index (χ1v) is 3.98. The topological polar surface area (TPSA) is 78.1 Å². The fourth-order valence-electron chi connectivity index (χ4n) is 1.46. The Labute approximate surface area is 61.9 Å². The van der Waals surface area contributed by atoms with E-state index in [9.17, 15) is 0 Å². The fourth-order valence-corrected chi connectivity index (χ4v) is 1.46. The Morgan fingerprint density at radius 2 is 1.20 bits per heavy atom. The summed E-state index contributed by atoms with van der Waals surface area (Å²) in [7, 11) is 0. The van der Waals surface area contributed by atoms with Crippen molar-refractivity contribution in [1.82, 2.24) is 0 Å². The van der Waals surface area contributed by atoms with Gasteiger partial charge in [0.25, 0.3) is 0 Å². The monoisotopic (exact) mass is 143 g/mol. The fraction of sp³-hybridized carbons (Fsp3) is 1.00. The van der Waals surface area contributed by atoms with Crippen LogP contribution in [0.5, 0.6) is 0 Å². The summed E-state index contributed by atoms with van der Waals surface area (Å²) in [5.41, 5.74) is 17.3. The maximum Gasteiger partial charge on any atom is 0.0346 e. The van der Waals surface area contributed by atoms with Gasteiger partial charge in [-0.05, 0) is 12.8 Å². The van der Waals surface area contributed by atoms with E-state index in [2.05, 4.69) is 0 Å². The number of nitrogens with two attached hydrogens (primary N) is 3. The Morgan fingerprint density at radius 3 is 1.60 bits per heavy atom. The lowest BCUT2D eigenvalue weighted by molar-refractivity contribution is 0.448. The first kappa shape index (κ1) is 7.98. The molecular formula is C7H17N3. The van der Waals surface area contributed by atoms with Crippen molar-refractivity contribution in [1.29, 1.82) is 0 Å². The van der Waals surface area contributed by atoms with Gasteiger partial charge in [-0.2, -0.15) is 0 Å². The highest BCUT2D eigenvalue weighted by Gasteiger charge is 2.22. The number of hydrogen-bond donors (Lipinski definition) is 3. The second-order valence-corrected chi connectivity index (χ2v) is 3.19. The highest BCUT2D eigenvalue weighted by molar-refractivity contribution is 4.87. The molecule has 2 unspecified atom stereocenters. The van der Waals surface area contributed by atoms with E-state index in [-0.39, 0.29) is 18.1 Å². The molecule has 0 saturated heterocycles. The van der Waals surface area contributed by atoms with Crippen molar-refractivity contribution in [3.05, 3.63) is 0 Å². The summed E-state index contributed by atoms with van der Waals surface area (Å²) in [5.74, 6) is 0. The van der Waals surface area contributed by atoms with Gasteiger partial charge < -0.3 is 17.2 Å². The van der Waals surface area contributed by atoms with E-state index in [0.717, 1.165) is 12.8 Å². The molecule has 3 heteroatoms. The van der Waals surface area contributed by atoms with Crippen LogP contribution in [-0.2, 0) is 0 Å². The zero-order valence-corrected chi connectivity index (χ0v) is 6.29. The molecule has 10 heavy (non-hydrogen) atoms. The molecule has 1 rings (SSSR count). The van der Waals surface area contributed by atoms with Gasteiger partial charge in [0.2, 0.25) is 0 Å². The van der Waals surface area contributed by atoms with Crippen molar-refractivity contribution in [2.75, 3.05) is 0 Å². The van der Waals surface area contributed by atoms with Crippen LogP contribution in [0.2, 0.25) is 0 Å². The highest BCUT2D eigenvalue weighted by Crippen LogP contribution is 2.14. The first-order chi connectivity index (χ1) is 4.72. The van der Waals surface area contributed by atoms with Crippen molar-refractivity contribution < 1.29 is 0 Å². The third kappa shape index (κ3) is 1.68. The molecular weight excluding hydrogens is 126 g/mol. The Bertz CT molecular complexity index is 93.0. The van der Waals surface area contributed by atoms with Crippen LogP contribution in [-0.4, -0.2) is 18.1 Å². The van der Waals surface area contributed by atoms with Crippen molar-refractivity contribution in [3.63, 3.8) is 0 Å². The van der Waals surface area contributed by atoms with Gasteiger partial charge in [-0.1, -0.05) is 12.8 Å². The molecule has 0 radical (unpaired) electrons. The van der Waals surface area contributed by atoms with E-state index >= 15 is 0 Å². The molecule has 0 bridgehead atoms. The Balaban J connectivity index is 2.46. The van der Waals surface area contributed by atoms with Crippen LogP contribution in [0.4, 0.5) is 0 Å². The van der Waals surface area contributed by atoms with Crippen molar-refractivity contribution in [3.8, 4) is 0 Å². The van der Waals surface area contributed by atoms with E-state index in [1.54, 1.807) is 0 Å². The second kappa shape index (κ2) is 3.32. The third-order valence-corrected chi connectivity index (χ3v) is 2.31. The van der Waals surface area contributed by atoms with Gasteiger partial charge in [-0.25, -0.2) is 0 Å². The van der Waals surface area contributed by atoms with Crippen LogP contribution in [0.15, 0.2) is 0 Å². The lowest BCUT2D eigenvalue weighted by Gasteiger charge is -2.21. The van der Waals surface area contributed by atoms with E-state index in [1.807, 2.05) is 0 Å². The molecule has 1 fully saturated rings. The van der Waals surface area contributed by atoms with E-state index in [4.69, 9.17) is 17.2 Å². The van der Waals surface area contributed by atoms with Gasteiger partial charge in [-0.3, -0.25) is 0 Å². The maximum atomic E-state index is 5.77. The summed E-state index contributed by atoms with van der Waals surface area (Å²) in [6.07, 6.45) is 4.44. The quantitative estimate of drug-likeness (QED) is 0.402. The van der Waals surface area contributed by atoms with Crippen LogP contribution in [0.25, 0.3) is 0 Å². The van der Waals surface area contributed by atoms with Crippen molar-refractivity contribution in [2.24, 2.45) is 17.2 Å². The third-order valence-electron chi connectivity index (χ3n) is 2.31. The van der Waals surface area contributed by atoms with Gasteiger partial charge >= 0.3 is 0 Å². The van der Waals surface area contributed by atoms with E-state index < -0.39 is 0 Å².